The summed E-state index contributed by atoms with van der Waals surface area (Å²) in [6.45, 7) is 3.64. The number of anilines is 1. The molecular weight excluding hydrogens is 262 g/mol. The van der Waals surface area contributed by atoms with Crippen LogP contribution >= 0.6 is 0 Å². The van der Waals surface area contributed by atoms with Crippen LogP contribution in [0.1, 0.15) is 33.3 Å². The van der Waals surface area contributed by atoms with Gasteiger partial charge in [0.25, 0.3) is 5.91 Å². The molecule has 2 aromatic heterocycles. The highest BCUT2D eigenvalue weighted by Crippen LogP contribution is 2.18. The van der Waals surface area contributed by atoms with Crippen LogP contribution in [0.3, 0.4) is 0 Å². The molecule has 2 heterocycles. The first-order valence-electron chi connectivity index (χ1n) is 6.05. The third kappa shape index (κ3) is 2.68. The molecule has 0 saturated heterocycles. The summed E-state index contributed by atoms with van der Waals surface area (Å²) in [4.78, 5) is 23.8. The van der Waals surface area contributed by atoms with Gasteiger partial charge in [-0.3, -0.25) is 14.6 Å². The molecule has 0 saturated carbocycles. The Morgan fingerprint density at radius 2 is 2.25 bits per heavy atom. The summed E-state index contributed by atoms with van der Waals surface area (Å²) in [5.41, 5.74) is 1.14. The van der Waals surface area contributed by atoms with Gasteiger partial charge in [0.15, 0.2) is 5.82 Å². The summed E-state index contributed by atoms with van der Waals surface area (Å²) in [5, 5.41) is 13.0. The van der Waals surface area contributed by atoms with Crippen LogP contribution in [-0.4, -0.2) is 38.5 Å². The van der Waals surface area contributed by atoms with E-state index in [2.05, 4.69) is 20.6 Å². The van der Waals surface area contributed by atoms with Crippen LogP contribution in [0.2, 0.25) is 0 Å². The molecular formula is C12H15N5O3. The van der Waals surface area contributed by atoms with Crippen LogP contribution in [0.25, 0.3) is 0 Å². The molecule has 0 aliphatic heterocycles. The molecule has 0 bridgehead atoms. The van der Waals surface area contributed by atoms with Crippen molar-refractivity contribution < 1.29 is 14.3 Å². The number of aromatic amines is 1. The Balaban J connectivity index is 2.22. The molecule has 0 spiro atoms. The zero-order chi connectivity index (χ0) is 14.7. The zero-order valence-electron chi connectivity index (χ0n) is 11.4. The van der Waals surface area contributed by atoms with E-state index in [1.54, 1.807) is 27.1 Å². The number of hydrogen-bond acceptors (Lipinski definition) is 5. The lowest BCUT2D eigenvalue weighted by molar-refractivity contribution is 0.0527. The van der Waals surface area contributed by atoms with Crippen LogP contribution in [0, 0.1) is 6.92 Å². The van der Waals surface area contributed by atoms with Crippen molar-refractivity contribution in [3.8, 4) is 0 Å². The van der Waals surface area contributed by atoms with Gasteiger partial charge in [0.05, 0.1) is 18.4 Å². The van der Waals surface area contributed by atoms with Crippen molar-refractivity contribution in [2.45, 2.75) is 13.8 Å². The van der Waals surface area contributed by atoms with Crippen LogP contribution in [0.4, 0.5) is 5.82 Å². The fourth-order valence-electron chi connectivity index (χ4n) is 1.69. The molecule has 2 N–H and O–H groups in total. The molecule has 2 aromatic rings. The number of ether oxygens (including phenoxy) is 1. The number of carbonyl (C=O) groups excluding carboxylic acids is 2. The number of carbonyl (C=O) groups is 2. The molecule has 106 valence electrons. The van der Waals surface area contributed by atoms with E-state index in [1.165, 1.54) is 10.9 Å². The summed E-state index contributed by atoms with van der Waals surface area (Å²) in [6, 6.07) is 0. The Morgan fingerprint density at radius 3 is 2.85 bits per heavy atom. The second kappa shape index (κ2) is 5.55. The van der Waals surface area contributed by atoms with Gasteiger partial charge in [-0.2, -0.15) is 10.2 Å². The Labute approximate surface area is 115 Å². The maximum Gasteiger partial charge on any atom is 0.343 e. The van der Waals surface area contributed by atoms with Gasteiger partial charge in [-0.25, -0.2) is 4.79 Å². The predicted octanol–water partition coefficient (Wildman–Crippen LogP) is 0.881. The number of H-pyrrole nitrogens is 1. The first kappa shape index (κ1) is 13.8. The highest BCUT2D eigenvalue weighted by Gasteiger charge is 2.21. The smallest absolute Gasteiger partial charge is 0.343 e. The van der Waals surface area contributed by atoms with E-state index in [0.29, 0.717) is 11.3 Å². The summed E-state index contributed by atoms with van der Waals surface area (Å²) >= 11 is 0. The van der Waals surface area contributed by atoms with Crippen molar-refractivity contribution in [2.24, 2.45) is 7.05 Å². The van der Waals surface area contributed by atoms with Gasteiger partial charge >= 0.3 is 5.97 Å². The van der Waals surface area contributed by atoms with Crippen LogP contribution in [0.5, 0.6) is 0 Å². The first-order chi connectivity index (χ1) is 9.52. The van der Waals surface area contributed by atoms with Gasteiger partial charge in [-0.15, -0.1) is 0 Å². The van der Waals surface area contributed by atoms with Gasteiger partial charge in [0.1, 0.15) is 5.56 Å². The zero-order valence-corrected chi connectivity index (χ0v) is 11.4. The average Bonchev–Trinajstić information content (AvgIpc) is 2.96. The molecule has 0 atom stereocenters. The largest absolute Gasteiger partial charge is 0.462 e. The molecule has 20 heavy (non-hydrogen) atoms. The minimum atomic E-state index is -0.528. The molecule has 0 aromatic carbocycles. The average molecular weight is 277 g/mol. The maximum absolute atomic E-state index is 12.0. The molecule has 0 fully saturated rings. The van der Waals surface area contributed by atoms with Crippen LogP contribution < -0.4 is 5.32 Å². The van der Waals surface area contributed by atoms with Gasteiger partial charge in [-0.05, 0) is 13.8 Å². The number of nitrogens with one attached hydrogen (secondary N) is 2. The van der Waals surface area contributed by atoms with Crippen molar-refractivity contribution in [3.05, 3.63) is 29.2 Å². The quantitative estimate of drug-likeness (QED) is 0.808. The summed E-state index contributed by atoms with van der Waals surface area (Å²) in [7, 11) is 1.71. The van der Waals surface area contributed by atoms with E-state index in [-0.39, 0.29) is 18.0 Å². The van der Waals surface area contributed by atoms with Crippen molar-refractivity contribution in [3.63, 3.8) is 0 Å². The topological polar surface area (TPSA) is 102 Å². The Bertz CT molecular complexity index is 643. The number of hydrogen-bond donors (Lipinski definition) is 2. The number of nitrogens with zero attached hydrogens (tertiary/aromatic N) is 3. The van der Waals surface area contributed by atoms with Crippen LogP contribution in [0.15, 0.2) is 12.4 Å². The molecule has 0 aliphatic carbocycles. The summed E-state index contributed by atoms with van der Waals surface area (Å²) < 4.78 is 6.44. The highest BCUT2D eigenvalue weighted by molar-refractivity contribution is 6.07. The number of amides is 1. The predicted molar refractivity (Wildman–Crippen MR) is 70.4 cm³/mol. The maximum atomic E-state index is 12.0. The molecule has 0 radical (unpaired) electrons. The van der Waals surface area contributed by atoms with E-state index in [1.807, 2.05) is 0 Å². The van der Waals surface area contributed by atoms with Gasteiger partial charge in [-0.1, -0.05) is 0 Å². The summed E-state index contributed by atoms with van der Waals surface area (Å²) in [5.74, 6) is -0.773. The minimum absolute atomic E-state index is 0.148. The fourth-order valence-corrected chi connectivity index (χ4v) is 1.69. The lowest BCUT2D eigenvalue weighted by Gasteiger charge is -2.04. The molecule has 0 unspecified atom stereocenters. The van der Waals surface area contributed by atoms with E-state index in [9.17, 15) is 9.59 Å². The number of aromatic nitrogens is 4. The third-order valence-corrected chi connectivity index (χ3v) is 2.63. The normalized spacial score (nSPS) is 10.3. The molecule has 8 nitrogen and oxygen atoms in total. The van der Waals surface area contributed by atoms with Crippen molar-refractivity contribution >= 4 is 17.7 Å². The lowest BCUT2D eigenvalue weighted by Crippen LogP contribution is -2.15. The highest BCUT2D eigenvalue weighted by atomic mass is 16.5. The number of rotatable bonds is 4. The summed E-state index contributed by atoms with van der Waals surface area (Å²) in [6.07, 6.45) is 3.00. The SMILES string of the molecule is CCOC(=O)c1c(NC(=O)c2cnn(C)c2)n[nH]c1C. The van der Waals surface area contributed by atoms with E-state index >= 15 is 0 Å². The van der Waals surface area contributed by atoms with Crippen molar-refractivity contribution in [2.75, 3.05) is 11.9 Å². The van der Waals surface area contributed by atoms with Gasteiger partial charge in [0, 0.05) is 18.9 Å². The number of esters is 1. The molecule has 2 rings (SSSR count). The Morgan fingerprint density at radius 1 is 1.50 bits per heavy atom. The standard InChI is InChI=1S/C12H15N5O3/c1-4-20-12(19)9-7(2)15-16-10(9)14-11(18)8-5-13-17(3)6-8/h5-6H,4H2,1-3H3,(H2,14,15,16,18). The fraction of sp³-hybridized carbons (Fsp3) is 0.333. The molecule has 8 heteroatoms. The lowest BCUT2D eigenvalue weighted by atomic mass is 10.2. The minimum Gasteiger partial charge on any atom is -0.462 e. The first-order valence-corrected chi connectivity index (χ1v) is 6.05. The number of aryl methyl sites for hydroxylation is 2. The third-order valence-electron chi connectivity index (χ3n) is 2.63. The van der Waals surface area contributed by atoms with Gasteiger partial charge < -0.3 is 10.1 Å². The molecule has 0 aliphatic rings. The second-order valence-electron chi connectivity index (χ2n) is 4.15. The van der Waals surface area contributed by atoms with Crippen molar-refractivity contribution in [1.82, 2.24) is 20.0 Å². The molecule has 1 amide bonds. The van der Waals surface area contributed by atoms with Crippen molar-refractivity contribution in [1.29, 1.82) is 0 Å². The monoisotopic (exact) mass is 277 g/mol. The Kier molecular flexibility index (Phi) is 3.83. The van der Waals surface area contributed by atoms with E-state index in [4.69, 9.17) is 4.74 Å². The van der Waals surface area contributed by atoms with E-state index < -0.39 is 11.9 Å². The Hall–Kier alpha value is -2.64. The van der Waals surface area contributed by atoms with E-state index in [0.717, 1.165) is 0 Å². The van der Waals surface area contributed by atoms with Gasteiger partial charge in [0.2, 0.25) is 0 Å². The second-order valence-corrected chi connectivity index (χ2v) is 4.15. The van der Waals surface area contributed by atoms with Crippen LogP contribution in [-0.2, 0) is 11.8 Å².